The molecule has 1 nitrogen and oxygen atoms in total. The number of rotatable bonds is 1. The molecule has 1 saturated heterocycles. The van der Waals surface area contributed by atoms with E-state index in [1.165, 1.54) is 12.8 Å². The van der Waals surface area contributed by atoms with Gasteiger partial charge in [0.1, 0.15) is 7.85 Å². The zero-order valence-corrected chi connectivity index (χ0v) is 6.55. The molecule has 0 bridgehead atoms. The molecule has 1 aliphatic rings. The van der Waals surface area contributed by atoms with Crippen LogP contribution in [0, 0.1) is 5.92 Å². The van der Waals surface area contributed by atoms with E-state index >= 15 is 0 Å². The van der Waals surface area contributed by atoms with E-state index in [0.29, 0.717) is 12.1 Å². The summed E-state index contributed by atoms with van der Waals surface area (Å²) < 4.78 is 5.62. The van der Waals surface area contributed by atoms with Crippen molar-refractivity contribution in [2.45, 2.75) is 38.8 Å². The molecule has 0 aromatic rings. The van der Waals surface area contributed by atoms with Crippen molar-refractivity contribution in [2.24, 2.45) is 5.92 Å². The Kier molecular flexibility index (Phi) is 2.17. The summed E-state index contributed by atoms with van der Waals surface area (Å²) in [6, 6.07) is 0.505. The van der Waals surface area contributed by atoms with Gasteiger partial charge in [-0.25, -0.2) is 0 Å². The highest BCUT2D eigenvalue weighted by Gasteiger charge is 2.27. The van der Waals surface area contributed by atoms with Crippen molar-refractivity contribution >= 4 is 7.85 Å². The Morgan fingerprint density at radius 1 is 1.67 bits per heavy atom. The van der Waals surface area contributed by atoms with E-state index in [1.54, 1.807) is 0 Å². The molecule has 0 aliphatic carbocycles. The van der Waals surface area contributed by atoms with Crippen LogP contribution in [0.25, 0.3) is 0 Å². The highest BCUT2D eigenvalue weighted by Crippen LogP contribution is 2.25. The summed E-state index contributed by atoms with van der Waals surface area (Å²) in [6.07, 6.45) is 2.96. The van der Waals surface area contributed by atoms with Gasteiger partial charge in [0.05, 0.1) is 6.10 Å². The van der Waals surface area contributed by atoms with Crippen LogP contribution >= 0.6 is 0 Å². The lowest BCUT2D eigenvalue weighted by Crippen LogP contribution is -2.12. The molecule has 3 unspecified atom stereocenters. The Morgan fingerprint density at radius 2 is 2.33 bits per heavy atom. The molecule has 3 atom stereocenters. The van der Waals surface area contributed by atoms with Crippen molar-refractivity contribution in [1.82, 2.24) is 0 Å². The summed E-state index contributed by atoms with van der Waals surface area (Å²) in [4.78, 5) is 0. The standard InChI is InChI=1S/C7H15BO/c1-3-6-5(2)4-7(8)9-6/h5-7H,3-4,8H2,1-2H3. The van der Waals surface area contributed by atoms with Crippen LogP contribution in [0.15, 0.2) is 0 Å². The first-order valence-electron chi connectivity index (χ1n) is 3.89. The molecule has 1 heterocycles. The van der Waals surface area contributed by atoms with Crippen molar-refractivity contribution in [1.29, 1.82) is 0 Å². The minimum atomic E-state index is 0.505. The highest BCUT2D eigenvalue weighted by atomic mass is 16.5. The molecular formula is C7H15BO. The van der Waals surface area contributed by atoms with Gasteiger partial charge in [-0.15, -0.1) is 0 Å². The molecule has 1 rings (SSSR count). The first-order valence-corrected chi connectivity index (χ1v) is 3.89. The molecule has 9 heavy (non-hydrogen) atoms. The maximum absolute atomic E-state index is 5.62. The maximum Gasteiger partial charge on any atom is 0.139 e. The van der Waals surface area contributed by atoms with Gasteiger partial charge in [0.2, 0.25) is 0 Å². The number of hydrogen-bond acceptors (Lipinski definition) is 1. The number of ether oxygens (including phenoxy) is 1. The van der Waals surface area contributed by atoms with Gasteiger partial charge in [-0.2, -0.15) is 0 Å². The van der Waals surface area contributed by atoms with E-state index < -0.39 is 0 Å². The summed E-state index contributed by atoms with van der Waals surface area (Å²) in [5.41, 5.74) is 0. The van der Waals surface area contributed by atoms with Gasteiger partial charge in [0, 0.05) is 6.00 Å². The lowest BCUT2D eigenvalue weighted by atomic mass is 9.91. The second-order valence-corrected chi connectivity index (χ2v) is 3.11. The topological polar surface area (TPSA) is 9.23 Å². The zero-order valence-electron chi connectivity index (χ0n) is 6.55. The highest BCUT2D eigenvalue weighted by molar-refractivity contribution is 6.11. The van der Waals surface area contributed by atoms with E-state index in [0.717, 1.165) is 5.92 Å². The van der Waals surface area contributed by atoms with Crippen LogP contribution in [0.2, 0.25) is 0 Å². The number of hydrogen-bond donors (Lipinski definition) is 0. The van der Waals surface area contributed by atoms with Crippen molar-refractivity contribution in [3.8, 4) is 0 Å². The zero-order chi connectivity index (χ0) is 6.85. The fourth-order valence-corrected chi connectivity index (χ4v) is 1.66. The summed E-state index contributed by atoms with van der Waals surface area (Å²) >= 11 is 0. The smallest absolute Gasteiger partial charge is 0.139 e. The third-order valence-electron chi connectivity index (χ3n) is 2.15. The summed E-state index contributed by atoms with van der Waals surface area (Å²) in [5.74, 6) is 0.782. The molecule has 0 amide bonds. The van der Waals surface area contributed by atoms with Crippen LogP contribution in [0.3, 0.4) is 0 Å². The minimum absolute atomic E-state index is 0.505. The third-order valence-corrected chi connectivity index (χ3v) is 2.15. The van der Waals surface area contributed by atoms with Crippen molar-refractivity contribution in [2.75, 3.05) is 0 Å². The second-order valence-electron chi connectivity index (χ2n) is 3.11. The lowest BCUT2D eigenvalue weighted by Gasteiger charge is -2.10. The Balaban J connectivity index is 2.38. The first kappa shape index (κ1) is 7.14. The van der Waals surface area contributed by atoms with Crippen molar-refractivity contribution in [3.63, 3.8) is 0 Å². The fourth-order valence-electron chi connectivity index (χ4n) is 1.66. The van der Waals surface area contributed by atoms with Crippen LogP contribution < -0.4 is 0 Å². The average Bonchev–Trinajstić information content (AvgIpc) is 2.10. The van der Waals surface area contributed by atoms with Crippen molar-refractivity contribution < 1.29 is 4.74 Å². The fraction of sp³-hybridized carbons (Fsp3) is 1.00. The van der Waals surface area contributed by atoms with Crippen molar-refractivity contribution in [3.05, 3.63) is 0 Å². The lowest BCUT2D eigenvalue weighted by molar-refractivity contribution is 0.0718. The largest absolute Gasteiger partial charge is 0.384 e. The Labute approximate surface area is 58.2 Å². The normalized spacial score (nSPS) is 43.6. The van der Waals surface area contributed by atoms with Crippen LogP contribution in [-0.4, -0.2) is 20.0 Å². The molecule has 0 aromatic carbocycles. The van der Waals surface area contributed by atoms with E-state index in [-0.39, 0.29) is 0 Å². The van der Waals surface area contributed by atoms with Gasteiger partial charge in [0.25, 0.3) is 0 Å². The summed E-state index contributed by atoms with van der Waals surface area (Å²) in [5, 5.41) is 0. The summed E-state index contributed by atoms with van der Waals surface area (Å²) in [7, 11) is 2.16. The van der Waals surface area contributed by atoms with Gasteiger partial charge in [-0.05, 0) is 18.8 Å². The predicted molar refractivity (Wildman–Crippen MR) is 41.3 cm³/mol. The molecule has 0 spiro atoms. The predicted octanol–water partition coefficient (Wildman–Crippen LogP) is 0.781. The van der Waals surface area contributed by atoms with Crippen LogP contribution in [0.5, 0.6) is 0 Å². The van der Waals surface area contributed by atoms with E-state index in [4.69, 9.17) is 4.74 Å². The van der Waals surface area contributed by atoms with E-state index in [9.17, 15) is 0 Å². The van der Waals surface area contributed by atoms with Gasteiger partial charge < -0.3 is 4.74 Å². The Morgan fingerprint density at radius 3 is 2.56 bits per heavy atom. The average molecular weight is 126 g/mol. The van der Waals surface area contributed by atoms with Gasteiger partial charge in [-0.3, -0.25) is 0 Å². The van der Waals surface area contributed by atoms with Gasteiger partial charge in [-0.1, -0.05) is 13.8 Å². The Hall–Kier alpha value is 0.0249. The Bertz CT molecular complexity index is 94.9. The molecule has 1 fully saturated rings. The van der Waals surface area contributed by atoms with Gasteiger partial charge >= 0.3 is 0 Å². The molecular weight excluding hydrogens is 111 g/mol. The minimum Gasteiger partial charge on any atom is -0.384 e. The first-order chi connectivity index (χ1) is 4.24. The molecule has 0 aromatic heterocycles. The quantitative estimate of drug-likeness (QED) is 0.471. The molecule has 0 radical (unpaired) electrons. The van der Waals surface area contributed by atoms with Crippen LogP contribution in [0.4, 0.5) is 0 Å². The SMILES string of the molecule is BC1CC(C)C(CC)O1. The monoisotopic (exact) mass is 126 g/mol. The molecule has 52 valence electrons. The van der Waals surface area contributed by atoms with Crippen LogP contribution in [0.1, 0.15) is 26.7 Å². The molecule has 1 aliphatic heterocycles. The second kappa shape index (κ2) is 2.74. The van der Waals surface area contributed by atoms with E-state index in [2.05, 4.69) is 21.7 Å². The maximum atomic E-state index is 5.62. The summed E-state index contributed by atoms with van der Waals surface area (Å²) in [6.45, 7) is 4.47. The molecule has 2 heteroatoms. The third kappa shape index (κ3) is 1.48. The van der Waals surface area contributed by atoms with Gasteiger partial charge in [0.15, 0.2) is 0 Å². The molecule has 0 saturated carbocycles. The molecule has 0 N–H and O–H groups in total. The van der Waals surface area contributed by atoms with Crippen LogP contribution in [-0.2, 0) is 4.74 Å². The van der Waals surface area contributed by atoms with E-state index in [1.807, 2.05) is 0 Å².